The number of rotatable bonds is 6. The number of halogens is 1. The standard InChI is InChI=1S/C8H19N.H2I/c1-2-3-4-5-6-7-8-9;/h2-9H2,1H3;1H2/q;+1. The molecule has 0 unspecified atom stereocenters. The monoisotopic (exact) mass is 258 g/mol. The summed E-state index contributed by atoms with van der Waals surface area (Å²) in [5.74, 6) is 0. The Morgan fingerprint density at radius 1 is 0.900 bits per heavy atom. The summed E-state index contributed by atoms with van der Waals surface area (Å²) in [6, 6.07) is 0. The van der Waals surface area contributed by atoms with Crippen LogP contribution < -0.4 is 29.7 Å². The SMILES string of the molecule is CCCCCCCCN.[IH2+]. The van der Waals surface area contributed by atoms with Gasteiger partial charge in [-0.2, -0.15) is 0 Å². The van der Waals surface area contributed by atoms with Gasteiger partial charge in [0.2, 0.25) is 24.0 Å². The average molecular weight is 258 g/mol. The van der Waals surface area contributed by atoms with Gasteiger partial charge in [0.25, 0.3) is 0 Å². The first-order chi connectivity index (χ1) is 4.41. The lowest BCUT2D eigenvalue weighted by Gasteiger charge is -1.96. The maximum Gasteiger partial charge on any atom is 0.235 e. The maximum absolute atomic E-state index is 5.34. The first kappa shape index (κ1) is 13.3. The molecule has 0 aliphatic rings. The predicted octanol–water partition coefficient (Wildman–Crippen LogP) is -1.23. The summed E-state index contributed by atoms with van der Waals surface area (Å²) in [6.45, 7) is 3.11. The minimum Gasteiger partial charge on any atom is -0.330 e. The molecule has 0 aliphatic heterocycles. The van der Waals surface area contributed by atoms with E-state index < -0.39 is 0 Å². The van der Waals surface area contributed by atoms with Crippen LogP contribution in [0.2, 0.25) is 0 Å². The van der Waals surface area contributed by atoms with E-state index in [0.717, 1.165) is 6.54 Å². The molecule has 0 atom stereocenters. The van der Waals surface area contributed by atoms with E-state index in [2.05, 4.69) is 6.92 Å². The van der Waals surface area contributed by atoms with Gasteiger partial charge in [-0.3, -0.25) is 0 Å². The lowest BCUT2D eigenvalue weighted by atomic mass is 10.1. The molecule has 0 amide bonds. The molecule has 0 spiro atoms. The molecule has 0 aromatic heterocycles. The van der Waals surface area contributed by atoms with Crippen molar-refractivity contribution in [1.82, 2.24) is 0 Å². The highest BCUT2D eigenvalue weighted by molar-refractivity contribution is 4.43. The molecule has 0 bridgehead atoms. The third-order valence-corrected chi connectivity index (χ3v) is 1.56. The van der Waals surface area contributed by atoms with Crippen LogP contribution in [-0.2, 0) is 0 Å². The van der Waals surface area contributed by atoms with Gasteiger partial charge >= 0.3 is 0 Å². The first-order valence-electron chi connectivity index (χ1n) is 4.12. The van der Waals surface area contributed by atoms with Crippen molar-refractivity contribution >= 4 is 0 Å². The largest absolute Gasteiger partial charge is 0.330 e. The molecule has 0 rings (SSSR count). The zero-order valence-electron chi connectivity index (χ0n) is 6.97. The fourth-order valence-corrected chi connectivity index (χ4v) is 0.925. The molecule has 0 saturated carbocycles. The summed E-state index contributed by atoms with van der Waals surface area (Å²) in [5.41, 5.74) is 5.34. The van der Waals surface area contributed by atoms with Crippen LogP contribution in [0.25, 0.3) is 0 Å². The summed E-state index contributed by atoms with van der Waals surface area (Å²) in [4.78, 5) is 0. The fourth-order valence-electron chi connectivity index (χ4n) is 0.925. The second kappa shape index (κ2) is 12.4. The molecular formula is C8H21IN+. The van der Waals surface area contributed by atoms with Gasteiger partial charge in [-0.15, -0.1) is 0 Å². The highest BCUT2D eigenvalue weighted by Gasteiger charge is 1.85. The molecule has 2 heteroatoms. The van der Waals surface area contributed by atoms with Crippen LogP contribution in [0.1, 0.15) is 45.4 Å². The third kappa shape index (κ3) is 11.5. The van der Waals surface area contributed by atoms with Crippen LogP contribution in [0, 0.1) is 0 Å². The molecule has 1 nitrogen and oxygen atoms in total. The van der Waals surface area contributed by atoms with Gasteiger partial charge in [0.15, 0.2) is 0 Å². The Kier molecular flexibility index (Phi) is 16.4. The summed E-state index contributed by atoms with van der Waals surface area (Å²) >= 11 is 0. The van der Waals surface area contributed by atoms with Crippen molar-refractivity contribution in [2.45, 2.75) is 45.4 Å². The minimum atomic E-state index is 0. The third-order valence-electron chi connectivity index (χ3n) is 1.56. The van der Waals surface area contributed by atoms with E-state index in [9.17, 15) is 0 Å². The van der Waals surface area contributed by atoms with Gasteiger partial charge in [-0.05, 0) is 13.0 Å². The second-order valence-electron chi connectivity index (χ2n) is 2.56. The molecule has 0 saturated heterocycles. The summed E-state index contributed by atoms with van der Waals surface area (Å²) in [5, 5.41) is 0. The normalized spacial score (nSPS) is 9.00. The van der Waals surface area contributed by atoms with Gasteiger partial charge in [0.1, 0.15) is 0 Å². The van der Waals surface area contributed by atoms with Crippen molar-refractivity contribution < 1.29 is 24.0 Å². The summed E-state index contributed by atoms with van der Waals surface area (Å²) in [6.07, 6.45) is 8.05. The van der Waals surface area contributed by atoms with Crippen LogP contribution in [0.5, 0.6) is 0 Å². The van der Waals surface area contributed by atoms with Gasteiger partial charge in [0, 0.05) is 0 Å². The molecule has 0 heterocycles. The lowest BCUT2D eigenvalue weighted by molar-refractivity contribution is -0.00000217. The molecule has 10 heavy (non-hydrogen) atoms. The van der Waals surface area contributed by atoms with Gasteiger partial charge in [0.05, 0.1) is 0 Å². The Morgan fingerprint density at radius 2 is 1.40 bits per heavy atom. The molecule has 0 aromatic rings. The Labute approximate surface area is 81.8 Å². The van der Waals surface area contributed by atoms with E-state index >= 15 is 0 Å². The average Bonchev–Trinajstić information content (AvgIpc) is 1.89. The highest BCUT2D eigenvalue weighted by Crippen LogP contribution is 2.03. The zero-order chi connectivity index (χ0) is 6.95. The van der Waals surface area contributed by atoms with Crippen molar-refractivity contribution in [3.63, 3.8) is 0 Å². The molecule has 0 aromatic carbocycles. The van der Waals surface area contributed by atoms with Crippen molar-refractivity contribution in [2.75, 3.05) is 6.54 Å². The van der Waals surface area contributed by atoms with E-state index in [4.69, 9.17) is 5.73 Å². The zero-order valence-corrected chi connectivity index (χ0v) is 9.53. The number of hydrogen-bond acceptors (Lipinski definition) is 1. The molecular weight excluding hydrogens is 237 g/mol. The van der Waals surface area contributed by atoms with Crippen LogP contribution in [-0.4, -0.2) is 6.54 Å². The summed E-state index contributed by atoms with van der Waals surface area (Å²) in [7, 11) is 0. The number of nitrogens with two attached hydrogens (primary N) is 1. The highest BCUT2D eigenvalue weighted by atomic mass is 127. The first-order valence-corrected chi connectivity index (χ1v) is 4.12. The lowest BCUT2D eigenvalue weighted by Crippen LogP contribution is -3.00. The van der Waals surface area contributed by atoms with Crippen molar-refractivity contribution in [2.24, 2.45) is 5.73 Å². The van der Waals surface area contributed by atoms with E-state index in [1.165, 1.54) is 38.5 Å². The molecule has 64 valence electrons. The van der Waals surface area contributed by atoms with Crippen molar-refractivity contribution in [3.8, 4) is 0 Å². The second-order valence-corrected chi connectivity index (χ2v) is 2.56. The summed E-state index contributed by atoms with van der Waals surface area (Å²) < 4.78 is 0. The van der Waals surface area contributed by atoms with E-state index in [0.29, 0.717) is 0 Å². The quantitative estimate of drug-likeness (QED) is 0.469. The topological polar surface area (TPSA) is 26.0 Å². The molecule has 0 fully saturated rings. The van der Waals surface area contributed by atoms with Crippen LogP contribution in [0.4, 0.5) is 0 Å². The van der Waals surface area contributed by atoms with E-state index in [-0.39, 0.29) is 24.0 Å². The van der Waals surface area contributed by atoms with Crippen LogP contribution in [0.15, 0.2) is 0 Å². The number of unbranched alkanes of at least 4 members (excludes halogenated alkanes) is 5. The maximum atomic E-state index is 5.34. The minimum absolute atomic E-state index is 0. The predicted molar refractivity (Wildman–Crippen MR) is 45.2 cm³/mol. The Bertz CT molecular complexity index is 42.5. The molecule has 0 aliphatic carbocycles. The Hall–Kier alpha value is 0.690. The van der Waals surface area contributed by atoms with E-state index in [1.807, 2.05) is 0 Å². The van der Waals surface area contributed by atoms with Crippen molar-refractivity contribution in [1.29, 1.82) is 0 Å². The number of hydrogen-bond donors (Lipinski definition) is 1. The van der Waals surface area contributed by atoms with Gasteiger partial charge in [-0.25, -0.2) is 0 Å². The van der Waals surface area contributed by atoms with Crippen LogP contribution >= 0.6 is 0 Å². The van der Waals surface area contributed by atoms with E-state index in [1.54, 1.807) is 0 Å². The smallest absolute Gasteiger partial charge is 0.235 e. The van der Waals surface area contributed by atoms with Gasteiger partial charge < -0.3 is 5.73 Å². The Morgan fingerprint density at radius 3 is 1.90 bits per heavy atom. The fraction of sp³-hybridized carbons (Fsp3) is 1.00. The molecule has 2 N–H and O–H groups in total. The van der Waals surface area contributed by atoms with Gasteiger partial charge in [-0.1, -0.05) is 39.0 Å². The van der Waals surface area contributed by atoms with Crippen LogP contribution in [0.3, 0.4) is 0 Å². The van der Waals surface area contributed by atoms with Crippen molar-refractivity contribution in [3.05, 3.63) is 0 Å². The Balaban J connectivity index is 0. The molecule has 0 radical (unpaired) electrons.